The fourth-order valence-corrected chi connectivity index (χ4v) is 2.22. The fraction of sp³-hybridized carbons (Fsp3) is 0.400. The van der Waals surface area contributed by atoms with Crippen LogP contribution in [0.4, 0.5) is 10.1 Å². The number of hydrogen-bond donors (Lipinski definition) is 1. The molecule has 96 valence electrons. The van der Waals surface area contributed by atoms with Gasteiger partial charge < -0.3 is 5.32 Å². The SMILES string of the molecule is Cc1cc(NC=C2CCCC(C)C2=O)ccc1F. The van der Waals surface area contributed by atoms with E-state index in [9.17, 15) is 9.18 Å². The van der Waals surface area contributed by atoms with Crippen LogP contribution in [0.3, 0.4) is 0 Å². The average molecular weight is 247 g/mol. The van der Waals surface area contributed by atoms with Crippen LogP contribution in [0.5, 0.6) is 0 Å². The Morgan fingerprint density at radius 3 is 2.94 bits per heavy atom. The Morgan fingerprint density at radius 2 is 2.22 bits per heavy atom. The first-order chi connectivity index (χ1) is 8.58. The minimum Gasteiger partial charge on any atom is -0.361 e. The smallest absolute Gasteiger partial charge is 0.163 e. The Bertz CT molecular complexity index is 493. The molecule has 1 saturated carbocycles. The highest BCUT2D eigenvalue weighted by Gasteiger charge is 2.22. The Balaban J connectivity index is 2.09. The van der Waals surface area contributed by atoms with Crippen LogP contribution >= 0.6 is 0 Å². The highest BCUT2D eigenvalue weighted by atomic mass is 19.1. The second-order valence-electron chi connectivity index (χ2n) is 4.94. The lowest BCUT2D eigenvalue weighted by Crippen LogP contribution is -2.19. The van der Waals surface area contributed by atoms with E-state index in [1.165, 1.54) is 6.07 Å². The molecule has 1 aromatic carbocycles. The van der Waals surface area contributed by atoms with E-state index >= 15 is 0 Å². The van der Waals surface area contributed by atoms with Gasteiger partial charge in [-0.05, 0) is 49.9 Å². The molecule has 2 nitrogen and oxygen atoms in total. The van der Waals surface area contributed by atoms with Gasteiger partial charge in [-0.1, -0.05) is 6.92 Å². The minimum atomic E-state index is -0.212. The molecule has 1 unspecified atom stereocenters. The minimum absolute atomic E-state index is 0.127. The van der Waals surface area contributed by atoms with Gasteiger partial charge >= 0.3 is 0 Å². The third-order valence-corrected chi connectivity index (χ3v) is 3.42. The van der Waals surface area contributed by atoms with Gasteiger partial charge in [0.05, 0.1) is 0 Å². The molecule has 1 aliphatic rings. The van der Waals surface area contributed by atoms with Crippen LogP contribution in [-0.2, 0) is 4.79 Å². The van der Waals surface area contributed by atoms with Crippen molar-refractivity contribution in [2.24, 2.45) is 5.92 Å². The van der Waals surface area contributed by atoms with E-state index in [4.69, 9.17) is 0 Å². The second-order valence-corrected chi connectivity index (χ2v) is 4.94. The van der Waals surface area contributed by atoms with Gasteiger partial charge in [0.15, 0.2) is 5.78 Å². The van der Waals surface area contributed by atoms with Crippen molar-refractivity contribution in [1.29, 1.82) is 0 Å². The van der Waals surface area contributed by atoms with E-state index in [1.54, 1.807) is 25.3 Å². The Hall–Kier alpha value is -1.64. The van der Waals surface area contributed by atoms with E-state index in [0.717, 1.165) is 30.5 Å². The number of nitrogens with one attached hydrogen (secondary N) is 1. The molecule has 0 bridgehead atoms. The molecule has 1 N–H and O–H groups in total. The number of Topliss-reactive ketones (excluding diaryl/α,β-unsaturated/α-hetero) is 1. The fourth-order valence-electron chi connectivity index (χ4n) is 2.22. The van der Waals surface area contributed by atoms with Crippen molar-refractivity contribution in [2.75, 3.05) is 5.32 Å². The van der Waals surface area contributed by atoms with E-state index in [0.29, 0.717) is 5.56 Å². The zero-order valence-corrected chi connectivity index (χ0v) is 10.8. The normalized spacial score (nSPS) is 22.3. The van der Waals surface area contributed by atoms with E-state index in [-0.39, 0.29) is 17.5 Å². The molecular formula is C15H18FNO. The van der Waals surface area contributed by atoms with Crippen LogP contribution < -0.4 is 5.32 Å². The number of aryl methyl sites for hydroxylation is 1. The first-order valence-corrected chi connectivity index (χ1v) is 6.34. The Morgan fingerprint density at radius 1 is 1.44 bits per heavy atom. The second kappa shape index (κ2) is 5.34. The molecule has 0 aliphatic heterocycles. The third-order valence-electron chi connectivity index (χ3n) is 3.42. The Labute approximate surface area is 107 Å². The van der Waals surface area contributed by atoms with Crippen molar-refractivity contribution in [1.82, 2.24) is 0 Å². The summed E-state index contributed by atoms with van der Waals surface area (Å²) < 4.78 is 13.1. The van der Waals surface area contributed by atoms with Crippen LogP contribution in [0.25, 0.3) is 0 Å². The van der Waals surface area contributed by atoms with Gasteiger partial charge in [-0.25, -0.2) is 4.39 Å². The predicted molar refractivity (Wildman–Crippen MR) is 70.9 cm³/mol. The van der Waals surface area contributed by atoms with Crippen LogP contribution in [0.2, 0.25) is 0 Å². The largest absolute Gasteiger partial charge is 0.361 e. The zero-order valence-electron chi connectivity index (χ0n) is 10.8. The van der Waals surface area contributed by atoms with Gasteiger partial charge in [-0.2, -0.15) is 0 Å². The molecule has 1 aliphatic carbocycles. The monoisotopic (exact) mass is 247 g/mol. The van der Waals surface area contributed by atoms with Crippen molar-refractivity contribution in [3.05, 3.63) is 41.4 Å². The summed E-state index contributed by atoms with van der Waals surface area (Å²) in [6, 6.07) is 4.85. The van der Waals surface area contributed by atoms with Crippen LogP contribution in [0.15, 0.2) is 30.0 Å². The maximum Gasteiger partial charge on any atom is 0.163 e. The highest BCUT2D eigenvalue weighted by Crippen LogP contribution is 2.25. The summed E-state index contributed by atoms with van der Waals surface area (Å²) in [4.78, 5) is 11.9. The maximum atomic E-state index is 13.1. The summed E-state index contributed by atoms with van der Waals surface area (Å²) >= 11 is 0. The van der Waals surface area contributed by atoms with Gasteiger partial charge in [0.2, 0.25) is 0 Å². The number of halogens is 1. The van der Waals surface area contributed by atoms with E-state index < -0.39 is 0 Å². The lowest BCUT2D eigenvalue weighted by Gasteiger charge is -2.19. The number of anilines is 1. The zero-order chi connectivity index (χ0) is 13.1. The molecular weight excluding hydrogens is 229 g/mol. The number of benzene rings is 1. The van der Waals surface area contributed by atoms with Crippen molar-refractivity contribution < 1.29 is 9.18 Å². The molecule has 0 amide bonds. The molecule has 0 radical (unpaired) electrons. The molecule has 3 heteroatoms. The standard InChI is InChI=1S/C15H18FNO/c1-10-4-3-5-12(15(10)18)9-17-13-6-7-14(16)11(2)8-13/h6-10,17H,3-5H2,1-2H3. The Kier molecular flexibility index (Phi) is 3.80. The van der Waals surface area contributed by atoms with Gasteiger partial charge in [-0.15, -0.1) is 0 Å². The molecule has 0 aromatic heterocycles. The maximum absolute atomic E-state index is 13.1. The molecule has 0 saturated heterocycles. The summed E-state index contributed by atoms with van der Waals surface area (Å²) in [7, 11) is 0. The highest BCUT2D eigenvalue weighted by molar-refractivity contribution is 5.97. The quantitative estimate of drug-likeness (QED) is 0.805. The number of hydrogen-bond acceptors (Lipinski definition) is 2. The summed E-state index contributed by atoms with van der Waals surface area (Å²) in [6.07, 6.45) is 4.63. The van der Waals surface area contributed by atoms with Crippen LogP contribution in [-0.4, -0.2) is 5.78 Å². The van der Waals surface area contributed by atoms with Crippen molar-refractivity contribution >= 4 is 11.5 Å². The molecule has 18 heavy (non-hydrogen) atoms. The summed E-state index contributed by atoms with van der Waals surface area (Å²) in [5.74, 6) is 0.143. The molecule has 0 spiro atoms. The van der Waals surface area contributed by atoms with Gasteiger partial charge in [0.1, 0.15) is 5.82 Å². The first kappa shape index (κ1) is 12.8. The number of carbonyl (C=O) groups excluding carboxylic acids is 1. The summed E-state index contributed by atoms with van der Waals surface area (Å²) in [5, 5.41) is 3.08. The first-order valence-electron chi connectivity index (χ1n) is 6.34. The van der Waals surface area contributed by atoms with Crippen molar-refractivity contribution in [2.45, 2.75) is 33.1 Å². The lowest BCUT2D eigenvalue weighted by atomic mass is 9.86. The molecule has 0 heterocycles. The lowest BCUT2D eigenvalue weighted by molar-refractivity contribution is -0.119. The van der Waals surface area contributed by atoms with Gasteiger partial charge in [0, 0.05) is 23.4 Å². The third kappa shape index (κ3) is 2.78. The average Bonchev–Trinajstić information content (AvgIpc) is 2.35. The van der Waals surface area contributed by atoms with Gasteiger partial charge in [-0.3, -0.25) is 4.79 Å². The summed E-state index contributed by atoms with van der Waals surface area (Å²) in [6.45, 7) is 3.69. The summed E-state index contributed by atoms with van der Waals surface area (Å²) in [5.41, 5.74) is 2.25. The van der Waals surface area contributed by atoms with Crippen LogP contribution in [0, 0.1) is 18.7 Å². The number of rotatable bonds is 2. The van der Waals surface area contributed by atoms with Gasteiger partial charge in [0.25, 0.3) is 0 Å². The van der Waals surface area contributed by atoms with E-state index in [1.807, 2.05) is 6.92 Å². The predicted octanol–water partition coefficient (Wildman–Crippen LogP) is 3.82. The number of ketones is 1. The van der Waals surface area contributed by atoms with Crippen molar-refractivity contribution in [3.63, 3.8) is 0 Å². The molecule has 2 rings (SSSR count). The van der Waals surface area contributed by atoms with Crippen molar-refractivity contribution in [3.8, 4) is 0 Å². The van der Waals surface area contributed by atoms with Crippen LogP contribution in [0.1, 0.15) is 31.7 Å². The number of carbonyl (C=O) groups is 1. The molecule has 1 aromatic rings. The molecule has 1 atom stereocenters. The van der Waals surface area contributed by atoms with E-state index in [2.05, 4.69) is 5.32 Å². The number of allylic oxidation sites excluding steroid dienone is 1. The topological polar surface area (TPSA) is 29.1 Å². The molecule has 1 fully saturated rings.